The molecule has 2 fully saturated rings. The van der Waals surface area contributed by atoms with Crippen molar-refractivity contribution in [3.05, 3.63) is 11.4 Å². The average molecular weight is 357 g/mol. The third kappa shape index (κ3) is 3.24. The van der Waals surface area contributed by atoms with E-state index in [1.807, 2.05) is 13.8 Å². The molecular formula is C16H27N3O4S. The molecule has 136 valence electrons. The first-order valence-corrected chi connectivity index (χ1v) is 10.1. The zero-order chi connectivity index (χ0) is 17.5. The van der Waals surface area contributed by atoms with Gasteiger partial charge in [0.1, 0.15) is 4.90 Å². The quantitative estimate of drug-likeness (QED) is 0.872. The summed E-state index contributed by atoms with van der Waals surface area (Å²) < 4.78 is 41.6. The molecule has 8 heteroatoms. The second kappa shape index (κ2) is 6.40. The zero-order valence-corrected chi connectivity index (χ0v) is 15.6. The molecule has 2 heterocycles. The van der Waals surface area contributed by atoms with Crippen LogP contribution in [0.1, 0.15) is 57.0 Å². The second-order valence-electron chi connectivity index (χ2n) is 7.06. The van der Waals surface area contributed by atoms with E-state index in [0.717, 1.165) is 25.7 Å². The number of nitrogens with zero attached hydrogens (tertiary/aromatic N) is 2. The molecule has 1 unspecified atom stereocenters. The molecule has 7 nitrogen and oxygen atoms in total. The molecule has 1 aromatic rings. The molecule has 1 spiro atoms. The van der Waals surface area contributed by atoms with Crippen LogP contribution in [0.5, 0.6) is 0 Å². The van der Waals surface area contributed by atoms with Crippen molar-refractivity contribution in [1.29, 1.82) is 0 Å². The van der Waals surface area contributed by atoms with Crippen LogP contribution in [0.25, 0.3) is 0 Å². The Bertz CT molecular complexity index is 705. The second-order valence-corrected chi connectivity index (χ2v) is 8.76. The van der Waals surface area contributed by atoms with Crippen molar-refractivity contribution in [2.24, 2.45) is 0 Å². The van der Waals surface area contributed by atoms with Crippen LogP contribution in [-0.4, -0.2) is 43.2 Å². The van der Waals surface area contributed by atoms with E-state index in [0.29, 0.717) is 18.0 Å². The van der Waals surface area contributed by atoms with Crippen LogP contribution in [0.15, 0.2) is 4.90 Å². The lowest BCUT2D eigenvalue weighted by Crippen LogP contribution is -2.35. The first-order chi connectivity index (χ1) is 11.2. The Hall–Kier alpha value is -0.960. The Morgan fingerprint density at radius 2 is 2.00 bits per heavy atom. The summed E-state index contributed by atoms with van der Waals surface area (Å²) >= 11 is 0. The van der Waals surface area contributed by atoms with E-state index in [1.165, 1.54) is 0 Å². The highest BCUT2D eigenvalue weighted by molar-refractivity contribution is 7.89. The summed E-state index contributed by atoms with van der Waals surface area (Å²) in [7, 11) is -3.63. The van der Waals surface area contributed by atoms with Gasteiger partial charge in [0.15, 0.2) is 5.79 Å². The molecule has 3 rings (SSSR count). The fraction of sp³-hybridized carbons (Fsp3) is 0.812. The summed E-state index contributed by atoms with van der Waals surface area (Å²) in [6.07, 6.45) is 3.76. The smallest absolute Gasteiger partial charge is 0.244 e. The van der Waals surface area contributed by atoms with E-state index in [2.05, 4.69) is 9.82 Å². The number of sulfonamides is 1. The number of hydrogen-bond donors (Lipinski definition) is 1. The Labute approximate surface area is 143 Å². The third-order valence-corrected chi connectivity index (χ3v) is 6.47. The van der Waals surface area contributed by atoms with Crippen molar-refractivity contribution in [1.82, 2.24) is 14.5 Å². The lowest BCUT2D eigenvalue weighted by Gasteiger charge is -2.22. The normalized spacial score (nSPS) is 23.6. The molecule has 1 aliphatic carbocycles. The summed E-state index contributed by atoms with van der Waals surface area (Å²) in [5, 5.41) is 4.36. The Kier molecular flexibility index (Phi) is 4.76. The fourth-order valence-electron chi connectivity index (χ4n) is 3.71. The van der Waals surface area contributed by atoms with Crippen LogP contribution in [0.2, 0.25) is 0 Å². The van der Waals surface area contributed by atoms with E-state index in [9.17, 15) is 8.42 Å². The predicted molar refractivity (Wildman–Crippen MR) is 89.3 cm³/mol. The SMILES string of the molecule is Cc1nn(C(C)C)c(C)c1S(=O)(=O)NCC1COC2(CCCC2)O1. The maximum Gasteiger partial charge on any atom is 0.244 e. The van der Waals surface area contributed by atoms with Crippen molar-refractivity contribution < 1.29 is 17.9 Å². The maximum atomic E-state index is 12.7. The van der Waals surface area contributed by atoms with Gasteiger partial charge in [-0.3, -0.25) is 4.68 Å². The molecule has 0 aromatic carbocycles. The topological polar surface area (TPSA) is 82.5 Å². The van der Waals surface area contributed by atoms with Gasteiger partial charge in [-0.15, -0.1) is 0 Å². The minimum absolute atomic E-state index is 0.112. The molecular weight excluding hydrogens is 330 g/mol. The van der Waals surface area contributed by atoms with Crippen LogP contribution >= 0.6 is 0 Å². The highest BCUT2D eigenvalue weighted by atomic mass is 32.2. The van der Waals surface area contributed by atoms with Crippen LogP contribution < -0.4 is 4.72 Å². The van der Waals surface area contributed by atoms with Crippen LogP contribution in [0.4, 0.5) is 0 Å². The molecule has 0 bridgehead atoms. The van der Waals surface area contributed by atoms with E-state index in [-0.39, 0.29) is 23.6 Å². The Morgan fingerprint density at radius 1 is 1.33 bits per heavy atom. The molecule has 1 saturated heterocycles. The molecule has 1 saturated carbocycles. The summed E-state index contributed by atoms with van der Waals surface area (Å²) in [5.74, 6) is -0.468. The minimum Gasteiger partial charge on any atom is -0.347 e. The highest BCUT2D eigenvalue weighted by Gasteiger charge is 2.43. The number of rotatable bonds is 5. The van der Waals surface area contributed by atoms with Gasteiger partial charge < -0.3 is 9.47 Å². The highest BCUT2D eigenvalue weighted by Crippen LogP contribution is 2.39. The van der Waals surface area contributed by atoms with Crippen molar-refractivity contribution in [2.45, 2.75) is 76.2 Å². The van der Waals surface area contributed by atoms with Gasteiger partial charge in [-0.05, 0) is 40.5 Å². The van der Waals surface area contributed by atoms with Crippen molar-refractivity contribution in [3.63, 3.8) is 0 Å². The zero-order valence-electron chi connectivity index (χ0n) is 14.8. The average Bonchev–Trinajstić information content (AvgIpc) is 3.19. The third-order valence-electron chi connectivity index (χ3n) is 4.80. The van der Waals surface area contributed by atoms with Crippen molar-refractivity contribution in [3.8, 4) is 0 Å². The van der Waals surface area contributed by atoms with Crippen molar-refractivity contribution in [2.75, 3.05) is 13.2 Å². The fourth-order valence-corrected chi connectivity index (χ4v) is 5.17. The van der Waals surface area contributed by atoms with E-state index in [4.69, 9.17) is 9.47 Å². The Balaban J connectivity index is 1.69. The molecule has 1 aliphatic heterocycles. The lowest BCUT2D eigenvalue weighted by molar-refractivity contribution is -0.160. The van der Waals surface area contributed by atoms with Crippen LogP contribution in [0, 0.1) is 13.8 Å². The largest absolute Gasteiger partial charge is 0.347 e. The van der Waals surface area contributed by atoms with Gasteiger partial charge >= 0.3 is 0 Å². The van der Waals surface area contributed by atoms with E-state index < -0.39 is 15.8 Å². The van der Waals surface area contributed by atoms with E-state index in [1.54, 1.807) is 18.5 Å². The van der Waals surface area contributed by atoms with Crippen LogP contribution in [0.3, 0.4) is 0 Å². The number of ether oxygens (including phenoxy) is 2. The number of aryl methyl sites for hydroxylation is 1. The first-order valence-electron chi connectivity index (χ1n) is 8.61. The summed E-state index contributed by atoms with van der Waals surface area (Å²) in [6, 6.07) is 0.112. The monoisotopic (exact) mass is 357 g/mol. The van der Waals surface area contributed by atoms with Gasteiger partial charge in [0, 0.05) is 25.4 Å². The molecule has 2 aliphatic rings. The summed E-state index contributed by atoms with van der Waals surface area (Å²) in [5.41, 5.74) is 1.18. The molecule has 24 heavy (non-hydrogen) atoms. The lowest BCUT2D eigenvalue weighted by atomic mass is 10.2. The van der Waals surface area contributed by atoms with Gasteiger partial charge in [0.25, 0.3) is 0 Å². The van der Waals surface area contributed by atoms with Gasteiger partial charge in [0.05, 0.1) is 24.1 Å². The standard InChI is InChI=1S/C16H27N3O4S/c1-11(2)19-13(4)15(12(3)18-19)24(20,21)17-9-14-10-22-16(23-14)7-5-6-8-16/h11,14,17H,5-10H2,1-4H3. The van der Waals surface area contributed by atoms with Gasteiger partial charge in [-0.2, -0.15) is 5.10 Å². The maximum absolute atomic E-state index is 12.7. The molecule has 0 amide bonds. The molecule has 1 aromatic heterocycles. The Morgan fingerprint density at radius 3 is 2.58 bits per heavy atom. The van der Waals surface area contributed by atoms with E-state index >= 15 is 0 Å². The van der Waals surface area contributed by atoms with Crippen molar-refractivity contribution >= 4 is 10.0 Å². The number of hydrogen-bond acceptors (Lipinski definition) is 5. The molecule has 1 atom stereocenters. The van der Waals surface area contributed by atoms with Gasteiger partial charge in [-0.1, -0.05) is 0 Å². The number of nitrogens with one attached hydrogen (secondary N) is 1. The summed E-state index contributed by atoms with van der Waals surface area (Å²) in [6.45, 7) is 8.13. The van der Waals surface area contributed by atoms with Gasteiger partial charge in [0.2, 0.25) is 10.0 Å². The predicted octanol–water partition coefficient (Wildman–Crippen LogP) is 2.04. The minimum atomic E-state index is -3.63. The molecule has 1 N–H and O–H groups in total. The van der Waals surface area contributed by atoms with Crippen LogP contribution in [-0.2, 0) is 19.5 Å². The summed E-state index contributed by atoms with van der Waals surface area (Å²) in [4.78, 5) is 0.269. The first kappa shape index (κ1) is 17.8. The molecule has 0 radical (unpaired) electrons. The van der Waals surface area contributed by atoms with Gasteiger partial charge in [-0.25, -0.2) is 13.1 Å². The number of aromatic nitrogens is 2.